The minimum atomic E-state index is -0.224. The van der Waals surface area contributed by atoms with E-state index in [1.165, 1.54) is 55.3 Å². The van der Waals surface area contributed by atoms with Crippen molar-refractivity contribution in [2.45, 2.75) is 19.3 Å². The molecule has 4 heterocycles. The fourth-order valence-electron chi connectivity index (χ4n) is 10.9. The first kappa shape index (κ1) is 36.9. The van der Waals surface area contributed by atoms with Gasteiger partial charge in [-0.3, -0.25) is 4.57 Å². The van der Waals surface area contributed by atoms with E-state index < -0.39 is 0 Å². The van der Waals surface area contributed by atoms with E-state index in [1.807, 2.05) is 24.3 Å². The predicted molar refractivity (Wildman–Crippen MR) is 272 cm³/mol. The molecule has 4 aromatic heterocycles. The molecular formula is C61H40N4O. The van der Waals surface area contributed by atoms with Crippen molar-refractivity contribution in [3.63, 3.8) is 0 Å². The highest BCUT2D eigenvalue weighted by atomic mass is 16.3. The fourth-order valence-corrected chi connectivity index (χ4v) is 10.9. The summed E-state index contributed by atoms with van der Waals surface area (Å²) >= 11 is 0. The van der Waals surface area contributed by atoms with E-state index in [2.05, 4.69) is 205 Å². The highest BCUT2D eigenvalue weighted by Crippen LogP contribution is 2.52. The van der Waals surface area contributed by atoms with Gasteiger partial charge in [0.15, 0.2) is 0 Å². The van der Waals surface area contributed by atoms with Crippen LogP contribution in [0.3, 0.4) is 0 Å². The Kier molecular flexibility index (Phi) is 7.68. The smallest absolute Gasteiger partial charge is 0.235 e. The van der Waals surface area contributed by atoms with Crippen molar-refractivity contribution in [3.8, 4) is 56.4 Å². The van der Waals surface area contributed by atoms with Crippen LogP contribution in [0.2, 0.25) is 0 Å². The first-order valence-corrected chi connectivity index (χ1v) is 22.6. The molecule has 0 aliphatic heterocycles. The summed E-state index contributed by atoms with van der Waals surface area (Å²) < 4.78 is 11.2. The molecule has 0 amide bonds. The average molecular weight is 845 g/mol. The Bertz CT molecular complexity index is 4060. The Labute approximate surface area is 380 Å². The highest BCUT2D eigenvalue weighted by molar-refractivity contribution is 6.18. The monoisotopic (exact) mass is 844 g/mol. The normalized spacial score (nSPS) is 13.1. The van der Waals surface area contributed by atoms with E-state index in [4.69, 9.17) is 14.4 Å². The zero-order valence-corrected chi connectivity index (χ0v) is 36.3. The zero-order chi connectivity index (χ0) is 43.7. The van der Waals surface area contributed by atoms with E-state index >= 15 is 0 Å². The largest absolute Gasteiger partial charge is 0.456 e. The van der Waals surface area contributed by atoms with Gasteiger partial charge in [0.05, 0.1) is 33.5 Å². The van der Waals surface area contributed by atoms with Crippen LogP contribution in [-0.2, 0) is 5.41 Å². The third-order valence-corrected chi connectivity index (χ3v) is 14.1. The van der Waals surface area contributed by atoms with Crippen molar-refractivity contribution >= 4 is 65.6 Å². The molecule has 0 radical (unpaired) electrons. The van der Waals surface area contributed by atoms with Crippen LogP contribution < -0.4 is 0 Å². The molecule has 0 spiro atoms. The van der Waals surface area contributed by atoms with Gasteiger partial charge in [-0.25, -0.2) is 9.97 Å². The summed E-state index contributed by atoms with van der Waals surface area (Å²) in [6, 6.07) is 74.0. The molecule has 5 nitrogen and oxygen atoms in total. The number of benzene rings is 9. The van der Waals surface area contributed by atoms with Gasteiger partial charge in [-0.05, 0) is 100 Å². The van der Waals surface area contributed by atoms with Gasteiger partial charge in [-0.15, -0.1) is 0 Å². The first-order chi connectivity index (χ1) is 32.5. The summed E-state index contributed by atoms with van der Waals surface area (Å²) in [7, 11) is 0. The summed E-state index contributed by atoms with van der Waals surface area (Å²) in [4.78, 5) is 10.7. The minimum Gasteiger partial charge on any atom is -0.456 e. The maximum Gasteiger partial charge on any atom is 0.235 e. The lowest BCUT2D eigenvalue weighted by Gasteiger charge is -2.22. The van der Waals surface area contributed by atoms with Gasteiger partial charge in [0.2, 0.25) is 5.95 Å². The van der Waals surface area contributed by atoms with Crippen LogP contribution in [0, 0.1) is 0 Å². The summed E-state index contributed by atoms with van der Waals surface area (Å²) in [6.45, 7) is 4.76. The Morgan fingerprint density at radius 1 is 0.364 bits per heavy atom. The van der Waals surface area contributed by atoms with E-state index in [-0.39, 0.29) is 5.41 Å². The molecule has 1 aliphatic carbocycles. The van der Waals surface area contributed by atoms with Crippen LogP contribution >= 0.6 is 0 Å². The summed E-state index contributed by atoms with van der Waals surface area (Å²) in [5.74, 6) is 0.607. The van der Waals surface area contributed by atoms with Crippen molar-refractivity contribution in [2.24, 2.45) is 0 Å². The maximum atomic E-state index is 6.53. The lowest BCUT2D eigenvalue weighted by atomic mass is 9.81. The van der Waals surface area contributed by atoms with Crippen molar-refractivity contribution in [1.82, 2.24) is 19.1 Å². The third-order valence-electron chi connectivity index (χ3n) is 14.1. The predicted octanol–water partition coefficient (Wildman–Crippen LogP) is 15.9. The number of fused-ring (bicyclic) bond motifs is 12. The molecule has 0 N–H and O–H groups in total. The third kappa shape index (κ3) is 5.34. The lowest BCUT2D eigenvalue weighted by molar-refractivity contribution is 0.661. The fraction of sp³-hybridized carbons (Fsp3) is 0.0492. The van der Waals surface area contributed by atoms with Crippen molar-refractivity contribution in [1.29, 1.82) is 0 Å². The quantitative estimate of drug-likeness (QED) is 0.173. The molecule has 0 fully saturated rings. The summed E-state index contributed by atoms with van der Waals surface area (Å²) in [5.41, 5.74) is 18.6. The Hall–Kier alpha value is -8.54. The molecule has 5 heteroatoms. The molecule has 0 saturated carbocycles. The SMILES string of the molecule is CC1(C)c2cc(-c3ccc4c(c3)c3cc5c(cc3n4-c3nc(-c4ccccc4)cc(-c4ccccc4)n3)oc3ccccc35)ccc2-c2cc3c4ccccc4n(-c4ccccc4)c3cc21. The topological polar surface area (TPSA) is 48.8 Å². The van der Waals surface area contributed by atoms with Gasteiger partial charge in [-0.1, -0.05) is 147 Å². The molecule has 13 aromatic rings. The Balaban J connectivity index is 0.969. The molecule has 0 bridgehead atoms. The lowest BCUT2D eigenvalue weighted by Crippen LogP contribution is -2.15. The molecule has 9 aromatic carbocycles. The van der Waals surface area contributed by atoms with Crippen LogP contribution in [0.4, 0.5) is 0 Å². The van der Waals surface area contributed by atoms with Gasteiger partial charge in [0.1, 0.15) is 11.2 Å². The Morgan fingerprint density at radius 3 is 1.70 bits per heavy atom. The second-order valence-corrected chi connectivity index (χ2v) is 18.2. The van der Waals surface area contributed by atoms with Gasteiger partial charge in [0.25, 0.3) is 0 Å². The number of aromatic nitrogens is 4. The minimum absolute atomic E-state index is 0.224. The van der Waals surface area contributed by atoms with E-state index in [0.717, 1.165) is 71.8 Å². The van der Waals surface area contributed by atoms with Gasteiger partial charge in [0, 0.05) is 60.6 Å². The second-order valence-electron chi connectivity index (χ2n) is 18.2. The van der Waals surface area contributed by atoms with E-state index in [9.17, 15) is 0 Å². The molecule has 0 unspecified atom stereocenters. The Morgan fingerprint density at radius 2 is 0.939 bits per heavy atom. The van der Waals surface area contributed by atoms with E-state index in [1.54, 1.807) is 0 Å². The van der Waals surface area contributed by atoms with Crippen LogP contribution in [0.5, 0.6) is 0 Å². The van der Waals surface area contributed by atoms with Gasteiger partial charge < -0.3 is 8.98 Å². The summed E-state index contributed by atoms with van der Waals surface area (Å²) in [6.07, 6.45) is 0. The van der Waals surface area contributed by atoms with Gasteiger partial charge in [-0.2, -0.15) is 0 Å². The van der Waals surface area contributed by atoms with E-state index in [0.29, 0.717) is 5.95 Å². The summed E-state index contributed by atoms with van der Waals surface area (Å²) in [5, 5.41) is 6.97. The number of hydrogen-bond acceptors (Lipinski definition) is 3. The van der Waals surface area contributed by atoms with Crippen molar-refractivity contribution < 1.29 is 4.42 Å². The molecule has 66 heavy (non-hydrogen) atoms. The molecule has 0 atom stereocenters. The number of rotatable bonds is 5. The second kappa shape index (κ2) is 13.7. The molecule has 310 valence electrons. The van der Waals surface area contributed by atoms with Crippen molar-refractivity contribution in [2.75, 3.05) is 0 Å². The highest BCUT2D eigenvalue weighted by Gasteiger charge is 2.37. The molecule has 1 aliphatic rings. The number of furan rings is 1. The zero-order valence-electron chi connectivity index (χ0n) is 36.3. The molecule has 0 saturated heterocycles. The molecular weight excluding hydrogens is 805 g/mol. The van der Waals surface area contributed by atoms with Gasteiger partial charge >= 0.3 is 0 Å². The number of para-hydroxylation sites is 3. The van der Waals surface area contributed by atoms with Crippen LogP contribution in [0.15, 0.2) is 211 Å². The van der Waals surface area contributed by atoms with Crippen LogP contribution in [-0.4, -0.2) is 19.1 Å². The van der Waals surface area contributed by atoms with Crippen molar-refractivity contribution in [3.05, 3.63) is 217 Å². The standard InChI is InChI=1S/C61H40N4O/c1-61(2)50-31-40(26-28-42(50)45-32-47-43-22-12-14-24-54(43)64(56(47)34-51(45)61)41-20-10-5-11-21-41)39-27-29-55-46(30-39)48-33-49-44-23-13-15-25-58(44)66-59(49)36-57(48)65(55)60-62-52(37-16-6-3-7-17-37)35-53(63-60)38-18-8-4-9-19-38/h3-36H,1-2H3. The van der Waals surface area contributed by atoms with Crippen LogP contribution in [0.1, 0.15) is 25.0 Å². The number of hydrogen-bond donors (Lipinski definition) is 0. The first-order valence-electron chi connectivity index (χ1n) is 22.6. The number of nitrogens with zero attached hydrogens (tertiary/aromatic N) is 4. The molecule has 14 rings (SSSR count). The van der Waals surface area contributed by atoms with Crippen LogP contribution in [0.25, 0.3) is 122 Å². The average Bonchev–Trinajstić information content (AvgIpc) is 4.07. The maximum absolute atomic E-state index is 6.53.